The highest BCUT2D eigenvalue weighted by atomic mass is 19.1. The summed E-state index contributed by atoms with van der Waals surface area (Å²) in [6, 6.07) is 6.58. The molecule has 1 saturated heterocycles. The third-order valence-electron chi connectivity index (χ3n) is 3.83. The van der Waals surface area contributed by atoms with Gasteiger partial charge in [-0.15, -0.1) is 0 Å². The molecule has 4 heteroatoms. The summed E-state index contributed by atoms with van der Waals surface area (Å²) in [5, 5.41) is 3.41. The molecule has 0 amide bonds. The van der Waals surface area contributed by atoms with Crippen LogP contribution in [-0.4, -0.2) is 22.6 Å². The summed E-state index contributed by atoms with van der Waals surface area (Å²) in [6.07, 6.45) is 4.27. The van der Waals surface area contributed by atoms with E-state index in [2.05, 4.69) is 14.9 Å². The van der Waals surface area contributed by atoms with E-state index in [1.807, 2.05) is 13.2 Å². The van der Waals surface area contributed by atoms with Crippen LogP contribution < -0.4 is 5.32 Å². The predicted molar refractivity (Wildman–Crippen MR) is 73.4 cm³/mol. The highest BCUT2D eigenvalue weighted by Crippen LogP contribution is 2.26. The van der Waals surface area contributed by atoms with Crippen LogP contribution in [0.1, 0.15) is 24.6 Å². The van der Waals surface area contributed by atoms with Crippen LogP contribution in [0.5, 0.6) is 0 Å². The van der Waals surface area contributed by atoms with Gasteiger partial charge in [0.1, 0.15) is 11.6 Å². The second kappa shape index (κ2) is 5.13. The molecule has 1 fully saturated rings. The Morgan fingerprint density at radius 1 is 1.32 bits per heavy atom. The molecule has 100 valence electrons. The zero-order valence-corrected chi connectivity index (χ0v) is 11.1. The van der Waals surface area contributed by atoms with Crippen LogP contribution in [0, 0.1) is 5.82 Å². The summed E-state index contributed by atoms with van der Waals surface area (Å²) in [5.41, 5.74) is 2.05. The number of aromatic nitrogens is 2. The average molecular weight is 259 g/mol. The molecular weight excluding hydrogens is 241 g/mol. The Hall–Kier alpha value is -1.68. The zero-order chi connectivity index (χ0) is 13.2. The quantitative estimate of drug-likeness (QED) is 0.898. The molecule has 1 aromatic carbocycles. The zero-order valence-electron chi connectivity index (χ0n) is 11.1. The lowest BCUT2D eigenvalue weighted by Gasteiger charge is -2.22. The number of hydrogen-bond donors (Lipinski definition) is 1. The Morgan fingerprint density at radius 3 is 2.79 bits per heavy atom. The number of piperidine rings is 1. The molecule has 0 spiro atoms. The van der Waals surface area contributed by atoms with E-state index in [1.165, 1.54) is 25.0 Å². The maximum atomic E-state index is 13.0. The van der Waals surface area contributed by atoms with E-state index in [-0.39, 0.29) is 5.82 Å². The molecule has 0 aliphatic carbocycles. The maximum absolute atomic E-state index is 13.0. The van der Waals surface area contributed by atoms with Crippen LogP contribution >= 0.6 is 0 Å². The van der Waals surface area contributed by atoms with E-state index in [4.69, 9.17) is 0 Å². The Morgan fingerprint density at radius 2 is 2.11 bits per heavy atom. The van der Waals surface area contributed by atoms with Gasteiger partial charge in [-0.2, -0.15) is 0 Å². The van der Waals surface area contributed by atoms with Gasteiger partial charge in [-0.3, -0.25) is 0 Å². The fourth-order valence-corrected chi connectivity index (χ4v) is 2.76. The fraction of sp³-hybridized carbons (Fsp3) is 0.400. The summed E-state index contributed by atoms with van der Waals surface area (Å²) >= 11 is 0. The monoisotopic (exact) mass is 259 g/mol. The van der Waals surface area contributed by atoms with Gasteiger partial charge in [0.15, 0.2) is 0 Å². The minimum Gasteiger partial charge on any atom is -0.331 e. The summed E-state index contributed by atoms with van der Waals surface area (Å²) < 4.78 is 15.1. The van der Waals surface area contributed by atoms with Crippen LogP contribution in [0.25, 0.3) is 11.3 Å². The van der Waals surface area contributed by atoms with Crippen molar-refractivity contribution in [3.8, 4) is 11.3 Å². The van der Waals surface area contributed by atoms with Crippen LogP contribution in [0.2, 0.25) is 0 Å². The third-order valence-corrected chi connectivity index (χ3v) is 3.83. The molecule has 2 aromatic rings. The minimum absolute atomic E-state index is 0.206. The first kappa shape index (κ1) is 12.4. The molecule has 19 heavy (non-hydrogen) atoms. The van der Waals surface area contributed by atoms with Crippen molar-refractivity contribution in [1.82, 2.24) is 14.9 Å². The molecular formula is C15H18FN3. The normalized spacial score (nSPS) is 19.6. The number of nitrogens with zero attached hydrogens (tertiary/aromatic N) is 2. The smallest absolute Gasteiger partial charge is 0.123 e. The Kier molecular flexibility index (Phi) is 3.34. The minimum atomic E-state index is -0.206. The SMILES string of the molecule is Cn1c(-c2ccc(F)cc2)cnc1C1CCCNC1. The van der Waals surface area contributed by atoms with Crippen LogP contribution in [-0.2, 0) is 7.05 Å². The molecule has 1 unspecified atom stereocenters. The number of benzene rings is 1. The molecule has 0 saturated carbocycles. The summed E-state index contributed by atoms with van der Waals surface area (Å²) in [7, 11) is 2.04. The fourth-order valence-electron chi connectivity index (χ4n) is 2.76. The number of hydrogen-bond acceptors (Lipinski definition) is 2. The van der Waals surface area contributed by atoms with Crippen molar-refractivity contribution >= 4 is 0 Å². The molecule has 1 aliphatic rings. The van der Waals surface area contributed by atoms with Gasteiger partial charge in [-0.05, 0) is 49.2 Å². The summed E-state index contributed by atoms with van der Waals surface area (Å²) in [6.45, 7) is 2.10. The van der Waals surface area contributed by atoms with E-state index in [1.54, 1.807) is 12.1 Å². The van der Waals surface area contributed by atoms with Crippen molar-refractivity contribution in [3.05, 3.63) is 42.1 Å². The van der Waals surface area contributed by atoms with Gasteiger partial charge in [0.2, 0.25) is 0 Å². The maximum Gasteiger partial charge on any atom is 0.123 e. The highest BCUT2D eigenvalue weighted by molar-refractivity contribution is 5.59. The van der Waals surface area contributed by atoms with Crippen molar-refractivity contribution in [3.63, 3.8) is 0 Å². The van der Waals surface area contributed by atoms with Gasteiger partial charge in [0.25, 0.3) is 0 Å². The van der Waals surface area contributed by atoms with E-state index in [0.717, 1.165) is 30.2 Å². The molecule has 1 N–H and O–H groups in total. The van der Waals surface area contributed by atoms with Gasteiger partial charge in [0.05, 0.1) is 11.9 Å². The lowest BCUT2D eigenvalue weighted by atomic mass is 9.99. The second-order valence-electron chi connectivity index (χ2n) is 5.11. The molecule has 3 rings (SSSR count). The van der Waals surface area contributed by atoms with Crippen LogP contribution in [0.4, 0.5) is 4.39 Å². The van der Waals surface area contributed by atoms with Crippen molar-refractivity contribution in [2.45, 2.75) is 18.8 Å². The molecule has 1 aromatic heterocycles. The van der Waals surface area contributed by atoms with Crippen molar-refractivity contribution in [2.75, 3.05) is 13.1 Å². The van der Waals surface area contributed by atoms with E-state index in [9.17, 15) is 4.39 Å². The van der Waals surface area contributed by atoms with E-state index < -0.39 is 0 Å². The first-order valence-corrected chi connectivity index (χ1v) is 6.74. The topological polar surface area (TPSA) is 29.9 Å². The van der Waals surface area contributed by atoms with Crippen molar-refractivity contribution < 1.29 is 4.39 Å². The number of nitrogens with one attached hydrogen (secondary N) is 1. The lowest BCUT2D eigenvalue weighted by molar-refractivity contribution is 0.439. The third kappa shape index (κ3) is 2.40. The number of halogens is 1. The molecule has 3 nitrogen and oxygen atoms in total. The van der Waals surface area contributed by atoms with Gasteiger partial charge in [0, 0.05) is 19.5 Å². The molecule has 2 heterocycles. The van der Waals surface area contributed by atoms with Gasteiger partial charge in [-0.1, -0.05) is 0 Å². The van der Waals surface area contributed by atoms with Gasteiger partial charge >= 0.3 is 0 Å². The Labute approximate surface area is 112 Å². The molecule has 0 radical (unpaired) electrons. The molecule has 1 atom stereocenters. The lowest BCUT2D eigenvalue weighted by Crippen LogP contribution is -2.29. The van der Waals surface area contributed by atoms with Gasteiger partial charge < -0.3 is 9.88 Å². The van der Waals surface area contributed by atoms with Crippen LogP contribution in [0.3, 0.4) is 0 Å². The summed E-state index contributed by atoms with van der Waals surface area (Å²) in [5.74, 6) is 1.39. The molecule has 1 aliphatic heterocycles. The van der Waals surface area contributed by atoms with Gasteiger partial charge in [-0.25, -0.2) is 9.37 Å². The Balaban J connectivity index is 1.91. The van der Waals surface area contributed by atoms with Crippen LogP contribution in [0.15, 0.2) is 30.5 Å². The highest BCUT2D eigenvalue weighted by Gasteiger charge is 2.20. The second-order valence-corrected chi connectivity index (χ2v) is 5.11. The first-order chi connectivity index (χ1) is 9.25. The first-order valence-electron chi connectivity index (χ1n) is 6.74. The predicted octanol–water partition coefficient (Wildman–Crippen LogP) is 2.69. The Bertz CT molecular complexity index is 553. The number of rotatable bonds is 2. The number of imidazole rings is 1. The molecule has 0 bridgehead atoms. The van der Waals surface area contributed by atoms with Crippen molar-refractivity contribution in [1.29, 1.82) is 0 Å². The van der Waals surface area contributed by atoms with E-state index >= 15 is 0 Å². The summed E-state index contributed by atoms with van der Waals surface area (Å²) in [4.78, 5) is 4.57. The standard InChI is InChI=1S/C15H18FN3/c1-19-14(11-4-6-13(16)7-5-11)10-18-15(19)12-3-2-8-17-9-12/h4-7,10,12,17H,2-3,8-9H2,1H3. The van der Waals surface area contributed by atoms with E-state index in [0.29, 0.717) is 5.92 Å². The van der Waals surface area contributed by atoms with Crippen molar-refractivity contribution in [2.24, 2.45) is 7.05 Å². The largest absolute Gasteiger partial charge is 0.331 e. The average Bonchev–Trinajstić information content (AvgIpc) is 2.83.